The SMILES string of the molecule is CN(CCCNc1nc(N)nc(N)n1)c1ccccc1. The van der Waals surface area contributed by atoms with E-state index in [2.05, 4.69) is 44.3 Å². The van der Waals surface area contributed by atoms with Crippen LogP contribution < -0.4 is 21.7 Å². The van der Waals surface area contributed by atoms with Gasteiger partial charge in [0.25, 0.3) is 0 Å². The van der Waals surface area contributed by atoms with Gasteiger partial charge in [0.2, 0.25) is 17.8 Å². The van der Waals surface area contributed by atoms with Gasteiger partial charge in [0.1, 0.15) is 0 Å². The van der Waals surface area contributed by atoms with Crippen LogP contribution in [0.25, 0.3) is 0 Å². The highest BCUT2D eigenvalue weighted by atomic mass is 15.2. The van der Waals surface area contributed by atoms with Gasteiger partial charge < -0.3 is 21.7 Å². The van der Waals surface area contributed by atoms with Crippen molar-refractivity contribution < 1.29 is 0 Å². The number of para-hydroxylation sites is 1. The number of rotatable bonds is 6. The Kier molecular flexibility index (Phi) is 4.54. The van der Waals surface area contributed by atoms with Gasteiger partial charge in [0.15, 0.2) is 0 Å². The van der Waals surface area contributed by atoms with E-state index in [1.54, 1.807) is 0 Å². The van der Waals surface area contributed by atoms with E-state index in [1.165, 1.54) is 5.69 Å². The molecule has 7 heteroatoms. The quantitative estimate of drug-likeness (QED) is 0.673. The third-order valence-electron chi connectivity index (χ3n) is 2.82. The average Bonchev–Trinajstić information content (AvgIpc) is 2.43. The van der Waals surface area contributed by atoms with Crippen molar-refractivity contribution >= 4 is 23.5 Å². The maximum atomic E-state index is 5.50. The first-order chi connectivity index (χ1) is 9.65. The molecule has 0 atom stereocenters. The first-order valence-electron chi connectivity index (χ1n) is 6.42. The van der Waals surface area contributed by atoms with Crippen molar-refractivity contribution in [1.82, 2.24) is 15.0 Å². The molecule has 7 nitrogen and oxygen atoms in total. The van der Waals surface area contributed by atoms with Crippen LogP contribution in [0.1, 0.15) is 6.42 Å². The molecule has 0 aliphatic heterocycles. The number of anilines is 4. The fourth-order valence-electron chi connectivity index (χ4n) is 1.82. The van der Waals surface area contributed by atoms with Crippen molar-refractivity contribution in [2.24, 2.45) is 0 Å². The summed E-state index contributed by atoms with van der Waals surface area (Å²) in [7, 11) is 2.06. The highest BCUT2D eigenvalue weighted by Gasteiger charge is 2.02. The van der Waals surface area contributed by atoms with Crippen molar-refractivity contribution in [2.45, 2.75) is 6.42 Å². The van der Waals surface area contributed by atoms with Gasteiger partial charge in [-0.15, -0.1) is 0 Å². The van der Waals surface area contributed by atoms with Crippen LogP contribution in [0.2, 0.25) is 0 Å². The molecule has 0 radical (unpaired) electrons. The molecule has 0 saturated carbocycles. The number of hydrogen-bond donors (Lipinski definition) is 3. The minimum atomic E-state index is 0.126. The van der Waals surface area contributed by atoms with Crippen LogP contribution in [0.15, 0.2) is 30.3 Å². The maximum absolute atomic E-state index is 5.50. The van der Waals surface area contributed by atoms with E-state index in [1.807, 2.05) is 18.2 Å². The van der Waals surface area contributed by atoms with Gasteiger partial charge >= 0.3 is 0 Å². The molecular weight excluding hydrogens is 254 g/mol. The highest BCUT2D eigenvalue weighted by Crippen LogP contribution is 2.11. The minimum Gasteiger partial charge on any atom is -0.375 e. The van der Waals surface area contributed by atoms with E-state index in [-0.39, 0.29) is 11.9 Å². The normalized spacial score (nSPS) is 10.2. The summed E-state index contributed by atoms with van der Waals surface area (Å²) in [5, 5.41) is 3.08. The third kappa shape index (κ3) is 3.98. The fourth-order valence-corrected chi connectivity index (χ4v) is 1.82. The van der Waals surface area contributed by atoms with Crippen LogP contribution in [0.4, 0.5) is 23.5 Å². The van der Waals surface area contributed by atoms with Gasteiger partial charge in [0.05, 0.1) is 0 Å². The summed E-state index contributed by atoms with van der Waals surface area (Å²) in [5.74, 6) is 0.667. The second-order valence-electron chi connectivity index (χ2n) is 4.41. The number of nitrogens with zero attached hydrogens (tertiary/aromatic N) is 4. The van der Waals surface area contributed by atoms with Gasteiger partial charge in [-0.2, -0.15) is 15.0 Å². The standard InChI is InChI=1S/C13H19N7/c1-20(10-6-3-2-4-7-10)9-5-8-16-13-18-11(14)17-12(15)19-13/h2-4,6-7H,5,8-9H2,1H3,(H5,14,15,16,17,18,19). The van der Waals surface area contributed by atoms with E-state index in [9.17, 15) is 0 Å². The van der Waals surface area contributed by atoms with Crippen molar-refractivity contribution in [3.05, 3.63) is 30.3 Å². The highest BCUT2D eigenvalue weighted by molar-refractivity contribution is 5.45. The molecule has 106 valence electrons. The molecule has 5 N–H and O–H groups in total. The van der Waals surface area contributed by atoms with Gasteiger partial charge in [-0.3, -0.25) is 0 Å². The van der Waals surface area contributed by atoms with Crippen molar-refractivity contribution in [3.63, 3.8) is 0 Å². The van der Waals surface area contributed by atoms with E-state index in [4.69, 9.17) is 11.5 Å². The molecule has 0 spiro atoms. The smallest absolute Gasteiger partial charge is 0.229 e. The topological polar surface area (TPSA) is 106 Å². The third-order valence-corrected chi connectivity index (χ3v) is 2.82. The van der Waals surface area contributed by atoms with Crippen LogP contribution in [0, 0.1) is 0 Å². The Balaban J connectivity index is 1.76. The summed E-state index contributed by atoms with van der Waals surface area (Å²) in [6, 6.07) is 10.2. The Morgan fingerprint density at radius 2 is 1.70 bits per heavy atom. The van der Waals surface area contributed by atoms with Gasteiger partial charge in [-0.1, -0.05) is 18.2 Å². The number of aromatic nitrogens is 3. The molecule has 0 bridgehead atoms. The molecule has 1 heterocycles. The predicted octanol–water partition coefficient (Wildman–Crippen LogP) is 0.974. The summed E-state index contributed by atoms with van der Waals surface area (Å²) in [5.41, 5.74) is 12.2. The summed E-state index contributed by atoms with van der Waals surface area (Å²) < 4.78 is 0. The molecule has 0 unspecified atom stereocenters. The second-order valence-corrected chi connectivity index (χ2v) is 4.41. The van der Waals surface area contributed by atoms with Crippen LogP contribution in [-0.2, 0) is 0 Å². The molecule has 0 saturated heterocycles. The van der Waals surface area contributed by atoms with Gasteiger partial charge in [-0.25, -0.2) is 0 Å². The lowest BCUT2D eigenvalue weighted by Crippen LogP contribution is -2.21. The Morgan fingerprint density at radius 1 is 1.05 bits per heavy atom. The second kappa shape index (κ2) is 6.55. The molecule has 1 aromatic heterocycles. The molecule has 2 rings (SSSR count). The Bertz CT molecular complexity index is 523. The first-order valence-corrected chi connectivity index (χ1v) is 6.42. The molecule has 0 aliphatic rings. The summed E-state index contributed by atoms with van der Waals surface area (Å²) in [4.78, 5) is 13.8. The van der Waals surface area contributed by atoms with E-state index < -0.39 is 0 Å². The monoisotopic (exact) mass is 273 g/mol. The summed E-state index contributed by atoms with van der Waals surface area (Å²) >= 11 is 0. The van der Waals surface area contributed by atoms with E-state index >= 15 is 0 Å². The Morgan fingerprint density at radius 3 is 2.35 bits per heavy atom. The fraction of sp³-hybridized carbons (Fsp3) is 0.308. The zero-order valence-corrected chi connectivity index (χ0v) is 11.5. The Labute approximate surface area is 118 Å². The average molecular weight is 273 g/mol. The number of nitrogen functional groups attached to an aromatic ring is 2. The lowest BCUT2D eigenvalue weighted by Gasteiger charge is -2.19. The molecule has 2 aromatic rings. The summed E-state index contributed by atoms with van der Waals surface area (Å²) in [6.07, 6.45) is 0.941. The summed E-state index contributed by atoms with van der Waals surface area (Å²) in [6.45, 7) is 1.66. The molecule has 0 aliphatic carbocycles. The number of benzene rings is 1. The molecule has 0 fully saturated rings. The number of nitrogens with one attached hydrogen (secondary N) is 1. The lowest BCUT2D eigenvalue weighted by atomic mass is 10.3. The van der Waals surface area contributed by atoms with Gasteiger partial charge in [0, 0.05) is 25.8 Å². The van der Waals surface area contributed by atoms with Crippen LogP contribution in [0.3, 0.4) is 0 Å². The van der Waals surface area contributed by atoms with Crippen LogP contribution in [0.5, 0.6) is 0 Å². The van der Waals surface area contributed by atoms with Gasteiger partial charge in [-0.05, 0) is 18.6 Å². The van der Waals surface area contributed by atoms with Crippen molar-refractivity contribution in [3.8, 4) is 0 Å². The minimum absolute atomic E-state index is 0.126. The Hall–Kier alpha value is -2.57. The molecular formula is C13H19N7. The zero-order chi connectivity index (χ0) is 14.4. The molecule has 20 heavy (non-hydrogen) atoms. The maximum Gasteiger partial charge on any atom is 0.229 e. The van der Waals surface area contributed by atoms with E-state index in [0.29, 0.717) is 5.95 Å². The molecule has 0 amide bonds. The number of nitrogens with two attached hydrogens (primary N) is 2. The number of hydrogen-bond acceptors (Lipinski definition) is 7. The first kappa shape index (κ1) is 13.9. The lowest BCUT2D eigenvalue weighted by molar-refractivity contribution is 0.810. The van der Waals surface area contributed by atoms with Crippen LogP contribution >= 0.6 is 0 Å². The zero-order valence-electron chi connectivity index (χ0n) is 11.5. The van der Waals surface area contributed by atoms with Crippen molar-refractivity contribution in [1.29, 1.82) is 0 Å². The molecule has 1 aromatic carbocycles. The predicted molar refractivity (Wildman–Crippen MR) is 81.5 cm³/mol. The largest absolute Gasteiger partial charge is 0.375 e. The van der Waals surface area contributed by atoms with Crippen LogP contribution in [-0.4, -0.2) is 35.1 Å². The van der Waals surface area contributed by atoms with Crippen molar-refractivity contribution in [2.75, 3.05) is 41.8 Å². The van der Waals surface area contributed by atoms with E-state index in [0.717, 1.165) is 19.5 Å².